The smallest absolute Gasteiger partial charge is 0.261 e. The molecule has 0 radical (unpaired) electrons. The van der Waals surface area contributed by atoms with Gasteiger partial charge >= 0.3 is 0 Å². The Kier molecular flexibility index (Phi) is 5.84. The van der Waals surface area contributed by atoms with Gasteiger partial charge in [-0.2, -0.15) is 0 Å². The van der Waals surface area contributed by atoms with Gasteiger partial charge in [0.15, 0.2) is 0 Å². The highest BCUT2D eigenvalue weighted by Gasteiger charge is 2.08. The summed E-state index contributed by atoms with van der Waals surface area (Å²) in [6.45, 7) is 3.95. The SMILES string of the molecule is CC(=O)Nc1cccc(CNC(=O)CCn2cnc3c(C)cccc3c2=O)c1. The Morgan fingerprint density at radius 3 is 2.71 bits per heavy atom. The number of benzene rings is 2. The number of para-hydroxylation sites is 1. The molecule has 3 rings (SSSR count). The molecule has 0 aliphatic rings. The van der Waals surface area contributed by atoms with Crippen molar-refractivity contribution in [3.63, 3.8) is 0 Å². The molecule has 28 heavy (non-hydrogen) atoms. The van der Waals surface area contributed by atoms with Crippen LogP contribution in [0.25, 0.3) is 10.9 Å². The molecular weight excluding hydrogens is 356 g/mol. The van der Waals surface area contributed by atoms with Gasteiger partial charge < -0.3 is 10.6 Å². The lowest BCUT2D eigenvalue weighted by Gasteiger charge is -2.09. The van der Waals surface area contributed by atoms with E-state index >= 15 is 0 Å². The van der Waals surface area contributed by atoms with Gasteiger partial charge in [-0.15, -0.1) is 0 Å². The van der Waals surface area contributed by atoms with Crippen LogP contribution in [0.4, 0.5) is 5.69 Å². The fourth-order valence-electron chi connectivity index (χ4n) is 2.97. The highest BCUT2D eigenvalue weighted by molar-refractivity contribution is 5.88. The Morgan fingerprint density at radius 2 is 1.93 bits per heavy atom. The maximum atomic E-state index is 12.6. The number of amides is 2. The largest absolute Gasteiger partial charge is 0.352 e. The average Bonchev–Trinajstić information content (AvgIpc) is 2.66. The third-order valence-corrected chi connectivity index (χ3v) is 4.37. The number of rotatable bonds is 6. The minimum absolute atomic E-state index is 0.147. The first-order chi connectivity index (χ1) is 13.4. The first-order valence-corrected chi connectivity index (χ1v) is 9.02. The predicted octanol–water partition coefficient (Wildman–Crippen LogP) is 2.37. The fraction of sp³-hybridized carbons (Fsp3) is 0.238. The van der Waals surface area contributed by atoms with Crippen LogP contribution in [0.1, 0.15) is 24.5 Å². The summed E-state index contributed by atoms with van der Waals surface area (Å²) >= 11 is 0. The number of hydrogen-bond acceptors (Lipinski definition) is 4. The van der Waals surface area contributed by atoms with Crippen LogP contribution >= 0.6 is 0 Å². The van der Waals surface area contributed by atoms with Crippen molar-refractivity contribution in [2.75, 3.05) is 5.32 Å². The zero-order valence-electron chi connectivity index (χ0n) is 15.9. The number of carbonyl (C=O) groups excluding carboxylic acids is 2. The minimum atomic E-state index is -0.166. The van der Waals surface area contributed by atoms with Crippen molar-refractivity contribution >= 4 is 28.4 Å². The molecule has 0 spiro atoms. The lowest BCUT2D eigenvalue weighted by molar-refractivity contribution is -0.121. The van der Waals surface area contributed by atoms with E-state index in [1.54, 1.807) is 12.1 Å². The number of aromatic nitrogens is 2. The van der Waals surface area contributed by atoms with Crippen LogP contribution in [0.3, 0.4) is 0 Å². The molecule has 144 valence electrons. The Hall–Kier alpha value is -3.48. The van der Waals surface area contributed by atoms with E-state index in [4.69, 9.17) is 0 Å². The van der Waals surface area contributed by atoms with Crippen LogP contribution in [0.5, 0.6) is 0 Å². The van der Waals surface area contributed by atoms with Crippen LogP contribution in [-0.2, 0) is 22.7 Å². The summed E-state index contributed by atoms with van der Waals surface area (Å²) in [7, 11) is 0. The monoisotopic (exact) mass is 378 g/mol. The van der Waals surface area contributed by atoms with E-state index in [9.17, 15) is 14.4 Å². The van der Waals surface area contributed by atoms with Crippen molar-refractivity contribution in [2.45, 2.75) is 33.4 Å². The standard InChI is InChI=1S/C21H22N4O3/c1-14-5-3-8-18-20(14)23-13-25(21(18)28)10-9-19(27)22-12-16-6-4-7-17(11-16)24-15(2)26/h3-8,11,13H,9-10,12H2,1-2H3,(H,22,27)(H,24,26). The van der Waals surface area contributed by atoms with E-state index in [-0.39, 0.29) is 30.3 Å². The quantitative estimate of drug-likeness (QED) is 0.689. The zero-order chi connectivity index (χ0) is 20.1. The molecule has 1 aromatic heterocycles. The van der Waals surface area contributed by atoms with Crippen molar-refractivity contribution in [2.24, 2.45) is 0 Å². The lowest BCUT2D eigenvalue weighted by atomic mass is 10.1. The molecule has 0 unspecified atom stereocenters. The van der Waals surface area contributed by atoms with Crippen LogP contribution in [-0.4, -0.2) is 21.4 Å². The van der Waals surface area contributed by atoms with E-state index in [2.05, 4.69) is 15.6 Å². The molecule has 0 aliphatic heterocycles. The molecule has 0 atom stereocenters. The van der Waals surface area contributed by atoms with Gasteiger partial charge in [0.1, 0.15) is 0 Å². The van der Waals surface area contributed by atoms with Gasteiger partial charge in [0.2, 0.25) is 11.8 Å². The lowest BCUT2D eigenvalue weighted by Crippen LogP contribution is -2.27. The van der Waals surface area contributed by atoms with E-state index in [1.807, 2.05) is 37.3 Å². The van der Waals surface area contributed by atoms with Gasteiger partial charge in [0.05, 0.1) is 17.2 Å². The first-order valence-electron chi connectivity index (χ1n) is 9.02. The van der Waals surface area contributed by atoms with Gasteiger partial charge in [0, 0.05) is 32.1 Å². The van der Waals surface area contributed by atoms with Gasteiger partial charge in [-0.25, -0.2) is 4.98 Å². The number of nitrogens with zero attached hydrogens (tertiary/aromatic N) is 2. The molecule has 0 aliphatic carbocycles. The average molecular weight is 378 g/mol. The van der Waals surface area contributed by atoms with Gasteiger partial charge in [0.25, 0.3) is 5.56 Å². The molecule has 7 nitrogen and oxygen atoms in total. The number of nitrogens with one attached hydrogen (secondary N) is 2. The van der Waals surface area contributed by atoms with E-state index in [1.165, 1.54) is 17.8 Å². The van der Waals surface area contributed by atoms with Crippen molar-refractivity contribution in [3.05, 3.63) is 70.3 Å². The number of fused-ring (bicyclic) bond motifs is 1. The van der Waals surface area contributed by atoms with Crippen LogP contribution in [0, 0.1) is 6.92 Å². The maximum Gasteiger partial charge on any atom is 0.261 e. The third kappa shape index (κ3) is 4.62. The normalized spacial score (nSPS) is 10.6. The topological polar surface area (TPSA) is 93.1 Å². The Balaban J connectivity index is 1.59. The summed E-state index contributed by atoms with van der Waals surface area (Å²) in [4.78, 5) is 40.2. The van der Waals surface area contributed by atoms with Crippen molar-refractivity contribution in [1.29, 1.82) is 0 Å². The van der Waals surface area contributed by atoms with Crippen LogP contribution in [0.2, 0.25) is 0 Å². The Labute approximate surface area is 162 Å². The number of aryl methyl sites for hydroxylation is 2. The number of anilines is 1. The summed E-state index contributed by atoms with van der Waals surface area (Å²) in [5.41, 5.74) is 3.04. The molecule has 2 N–H and O–H groups in total. The van der Waals surface area contributed by atoms with E-state index in [0.717, 1.165) is 11.1 Å². The second-order valence-corrected chi connectivity index (χ2v) is 6.62. The van der Waals surface area contributed by atoms with Gasteiger partial charge in [-0.05, 0) is 36.2 Å². The second kappa shape index (κ2) is 8.47. The Morgan fingerprint density at radius 1 is 1.14 bits per heavy atom. The van der Waals surface area contributed by atoms with Crippen molar-refractivity contribution in [1.82, 2.24) is 14.9 Å². The Bertz CT molecular complexity index is 1090. The molecule has 0 saturated carbocycles. The molecular formula is C21H22N4O3. The highest BCUT2D eigenvalue weighted by atomic mass is 16.2. The predicted molar refractivity (Wildman–Crippen MR) is 108 cm³/mol. The summed E-state index contributed by atoms with van der Waals surface area (Å²) < 4.78 is 1.46. The van der Waals surface area contributed by atoms with E-state index in [0.29, 0.717) is 23.1 Å². The fourth-order valence-corrected chi connectivity index (χ4v) is 2.97. The number of carbonyl (C=O) groups is 2. The molecule has 0 saturated heterocycles. The summed E-state index contributed by atoms with van der Waals surface area (Å²) in [6, 6.07) is 12.8. The summed E-state index contributed by atoms with van der Waals surface area (Å²) in [6.07, 6.45) is 1.66. The van der Waals surface area contributed by atoms with Crippen molar-refractivity contribution in [3.8, 4) is 0 Å². The van der Waals surface area contributed by atoms with Crippen LogP contribution < -0.4 is 16.2 Å². The molecule has 1 heterocycles. The van der Waals surface area contributed by atoms with Crippen molar-refractivity contribution < 1.29 is 9.59 Å². The van der Waals surface area contributed by atoms with Gasteiger partial charge in [-0.3, -0.25) is 19.0 Å². The molecule has 3 aromatic rings. The molecule has 7 heteroatoms. The molecule has 0 bridgehead atoms. The second-order valence-electron chi connectivity index (χ2n) is 6.62. The molecule has 2 aromatic carbocycles. The minimum Gasteiger partial charge on any atom is -0.352 e. The zero-order valence-corrected chi connectivity index (χ0v) is 15.9. The van der Waals surface area contributed by atoms with Gasteiger partial charge in [-0.1, -0.05) is 24.3 Å². The van der Waals surface area contributed by atoms with E-state index < -0.39 is 0 Å². The third-order valence-electron chi connectivity index (χ3n) is 4.37. The summed E-state index contributed by atoms with van der Waals surface area (Å²) in [5.74, 6) is -0.313. The maximum absolute atomic E-state index is 12.6. The highest BCUT2D eigenvalue weighted by Crippen LogP contribution is 2.12. The first kappa shape index (κ1) is 19.3. The van der Waals surface area contributed by atoms with Crippen LogP contribution in [0.15, 0.2) is 53.6 Å². The summed E-state index contributed by atoms with van der Waals surface area (Å²) in [5, 5.41) is 6.09. The number of hydrogen-bond donors (Lipinski definition) is 2. The molecule has 0 fully saturated rings. The molecule has 2 amide bonds.